The van der Waals surface area contributed by atoms with Crippen LogP contribution in [0, 0.1) is 0 Å². The zero-order valence-corrected chi connectivity index (χ0v) is 15.1. The molecule has 2 aromatic carbocycles. The van der Waals surface area contributed by atoms with Gasteiger partial charge in [0.05, 0.1) is 10.6 Å². The van der Waals surface area contributed by atoms with Gasteiger partial charge in [0.25, 0.3) is 0 Å². The minimum Gasteiger partial charge on any atom is -0.534 e. The SMILES string of the molecule is [S-][P+]1(c2ccccc2)C[P+]([S-])(c2ccccc2)SS1. The molecule has 2 atom stereocenters. The highest BCUT2D eigenvalue weighted by Crippen LogP contribution is 2.95. The molecule has 0 nitrogen and oxygen atoms in total. The third kappa shape index (κ3) is 3.00. The molecule has 1 saturated heterocycles. The molecule has 0 saturated carbocycles. The summed E-state index contributed by atoms with van der Waals surface area (Å²) >= 11 is 12.0. The summed E-state index contributed by atoms with van der Waals surface area (Å²) in [6.45, 7) is 0. The molecule has 0 amide bonds. The quantitative estimate of drug-likeness (QED) is 0.430. The molecule has 2 aromatic rings. The van der Waals surface area contributed by atoms with Crippen LogP contribution in [0.5, 0.6) is 0 Å². The molecule has 19 heavy (non-hydrogen) atoms. The van der Waals surface area contributed by atoms with E-state index in [2.05, 4.69) is 48.5 Å². The molecule has 0 N–H and O–H groups in total. The maximum Gasteiger partial charge on any atom is 0.153 e. The number of hydrogen-bond acceptors (Lipinski definition) is 4. The van der Waals surface area contributed by atoms with Gasteiger partial charge in [0, 0.05) is 11.3 Å². The Kier molecular flexibility index (Phi) is 4.49. The maximum absolute atomic E-state index is 6.00. The smallest absolute Gasteiger partial charge is 0.153 e. The molecule has 2 unspecified atom stereocenters. The molecule has 6 heteroatoms. The van der Waals surface area contributed by atoms with Crippen LogP contribution in [0.1, 0.15) is 0 Å². The van der Waals surface area contributed by atoms with Gasteiger partial charge in [-0.25, -0.2) is 0 Å². The van der Waals surface area contributed by atoms with Gasteiger partial charge in [0.15, 0.2) is 5.90 Å². The van der Waals surface area contributed by atoms with E-state index >= 15 is 0 Å². The molecule has 0 aliphatic carbocycles. The highest BCUT2D eigenvalue weighted by molar-refractivity contribution is 9.32. The average molecular weight is 358 g/mol. The second-order valence-electron chi connectivity index (χ2n) is 4.31. The first kappa shape index (κ1) is 14.6. The van der Waals surface area contributed by atoms with Gasteiger partial charge in [0.1, 0.15) is 20.8 Å². The topological polar surface area (TPSA) is 0 Å². The van der Waals surface area contributed by atoms with Crippen LogP contribution in [0.25, 0.3) is 0 Å². The minimum atomic E-state index is -1.55. The van der Waals surface area contributed by atoms with Crippen LogP contribution in [0.15, 0.2) is 60.7 Å². The first-order valence-corrected chi connectivity index (χ1v) is 15.1. The fraction of sp³-hybridized carbons (Fsp3) is 0.0769. The molecular weight excluding hydrogens is 346 g/mol. The fourth-order valence-electron chi connectivity index (χ4n) is 1.96. The highest BCUT2D eigenvalue weighted by Gasteiger charge is 2.51. The van der Waals surface area contributed by atoms with Crippen LogP contribution < -0.4 is 10.6 Å². The van der Waals surface area contributed by atoms with Gasteiger partial charge in [-0.2, -0.15) is 0 Å². The van der Waals surface area contributed by atoms with E-state index in [1.165, 1.54) is 10.6 Å². The predicted molar refractivity (Wildman–Crippen MR) is 101 cm³/mol. The third-order valence-corrected chi connectivity index (χ3v) is 27.0. The predicted octanol–water partition coefficient (Wildman–Crippen LogP) is 4.78. The van der Waals surface area contributed by atoms with Crippen molar-refractivity contribution >= 4 is 67.3 Å². The Hall–Kier alpha value is 0.700. The highest BCUT2D eigenvalue weighted by atomic mass is 33.6. The molecule has 98 valence electrons. The fourth-order valence-corrected chi connectivity index (χ4v) is 35.8. The number of rotatable bonds is 2. The van der Waals surface area contributed by atoms with Crippen molar-refractivity contribution in [1.29, 1.82) is 0 Å². The molecule has 1 aliphatic rings. The van der Waals surface area contributed by atoms with Gasteiger partial charge >= 0.3 is 0 Å². The second-order valence-corrected chi connectivity index (χ2v) is 21.9. The zero-order chi connectivity index (χ0) is 13.3. The van der Waals surface area contributed by atoms with Crippen LogP contribution in [-0.2, 0) is 24.5 Å². The molecule has 1 heterocycles. The van der Waals surface area contributed by atoms with Crippen molar-refractivity contribution in [3.63, 3.8) is 0 Å². The Morgan fingerprint density at radius 3 is 1.42 bits per heavy atom. The minimum absolute atomic E-state index is 1.02. The molecule has 0 bridgehead atoms. The lowest BCUT2D eigenvalue weighted by Crippen LogP contribution is -2.11. The first-order valence-electron chi connectivity index (χ1n) is 5.80. The molecule has 0 radical (unpaired) electrons. The summed E-state index contributed by atoms with van der Waals surface area (Å²) in [5.74, 6) is 1.02. The van der Waals surface area contributed by atoms with Gasteiger partial charge in [-0.05, 0) is 24.3 Å². The van der Waals surface area contributed by atoms with E-state index in [1.54, 1.807) is 0 Å². The molecular formula is C13H12P2S4. The van der Waals surface area contributed by atoms with E-state index in [4.69, 9.17) is 24.5 Å². The van der Waals surface area contributed by atoms with Gasteiger partial charge in [-0.3, -0.25) is 0 Å². The van der Waals surface area contributed by atoms with Gasteiger partial charge in [-0.15, -0.1) is 0 Å². The number of benzene rings is 2. The van der Waals surface area contributed by atoms with Crippen LogP contribution in [0.3, 0.4) is 0 Å². The summed E-state index contributed by atoms with van der Waals surface area (Å²) in [6.07, 6.45) is 0. The van der Waals surface area contributed by atoms with E-state index in [0.717, 1.165) is 5.90 Å². The normalized spacial score (nSPS) is 30.4. The van der Waals surface area contributed by atoms with E-state index in [0.29, 0.717) is 0 Å². The summed E-state index contributed by atoms with van der Waals surface area (Å²) in [4.78, 5) is 0. The van der Waals surface area contributed by atoms with Crippen LogP contribution in [0.4, 0.5) is 0 Å². The summed E-state index contributed by atoms with van der Waals surface area (Å²) < 4.78 is 0. The number of hydrogen-bond donors (Lipinski definition) is 0. The van der Waals surface area contributed by atoms with Crippen LogP contribution >= 0.6 is 32.2 Å². The average Bonchev–Trinajstić information content (AvgIpc) is 2.80. The van der Waals surface area contributed by atoms with E-state index in [9.17, 15) is 0 Å². The van der Waals surface area contributed by atoms with Crippen molar-refractivity contribution in [2.45, 2.75) is 0 Å². The van der Waals surface area contributed by atoms with Gasteiger partial charge in [0.2, 0.25) is 0 Å². The Balaban J connectivity index is 1.92. The van der Waals surface area contributed by atoms with Crippen molar-refractivity contribution in [2.24, 2.45) is 0 Å². The van der Waals surface area contributed by atoms with Gasteiger partial charge < -0.3 is 24.5 Å². The van der Waals surface area contributed by atoms with Crippen molar-refractivity contribution in [1.82, 2.24) is 0 Å². The van der Waals surface area contributed by atoms with Crippen molar-refractivity contribution in [3.8, 4) is 0 Å². The summed E-state index contributed by atoms with van der Waals surface area (Å²) in [5.41, 5.74) is -3.10. The summed E-state index contributed by atoms with van der Waals surface area (Å²) in [7, 11) is 3.77. The molecule has 0 spiro atoms. The molecule has 0 aromatic heterocycles. The Bertz CT molecular complexity index is 514. The third-order valence-electron chi connectivity index (χ3n) is 2.95. The summed E-state index contributed by atoms with van der Waals surface area (Å²) in [6, 6.07) is 21.1. The van der Waals surface area contributed by atoms with E-state index in [1.807, 2.05) is 33.0 Å². The van der Waals surface area contributed by atoms with Crippen molar-refractivity contribution in [3.05, 3.63) is 60.7 Å². The van der Waals surface area contributed by atoms with Gasteiger partial charge in [-0.1, -0.05) is 36.4 Å². The van der Waals surface area contributed by atoms with E-state index < -0.39 is 11.3 Å². The lowest BCUT2D eigenvalue weighted by Gasteiger charge is -2.27. The molecule has 1 fully saturated rings. The lowest BCUT2D eigenvalue weighted by molar-refractivity contribution is 1.76. The van der Waals surface area contributed by atoms with Crippen LogP contribution in [-0.4, -0.2) is 5.90 Å². The Morgan fingerprint density at radius 2 is 1.05 bits per heavy atom. The standard InChI is InChI=1S/C13H12P2S4/c16-14(12-7-3-1-4-8-12)11-15(17,19-18-14)13-9-5-2-6-10-13/h1-10H,11H2. The second kappa shape index (κ2) is 5.83. The lowest BCUT2D eigenvalue weighted by atomic mass is 10.4. The molecule has 3 rings (SSSR count). The largest absolute Gasteiger partial charge is 0.534 e. The maximum atomic E-state index is 6.00. The van der Waals surface area contributed by atoms with E-state index in [-0.39, 0.29) is 0 Å². The first-order chi connectivity index (χ1) is 9.12. The molecule has 1 aliphatic heterocycles. The van der Waals surface area contributed by atoms with Crippen molar-refractivity contribution in [2.75, 3.05) is 5.90 Å². The summed E-state index contributed by atoms with van der Waals surface area (Å²) in [5, 5.41) is 2.65. The zero-order valence-electron chi connectivity index (χ0n) is 10.0. The Morgan fingerprint density at radius 1 is 0.684 bits per heavy atom. The Labute approximate surface area is 133 Å². The monoisotopic (exact) mass is 358 g/mol. The van der Waals surface area contributed by atoms with Crippen LogP contribution in [0.2, 0.25) is 0 Å². The van der Waals surface area contributed by atoms with Crippen molar-refractivity contribution < 1.29 is 0 Å².